The second-order valence-corrected chi connectivity index (χ2v) is 8.13. The van der Waals surface area contributed by atoms with Gasteiger partial charge in [0.05, 0.1) is 4.90 Å². The minimum absolute atomic E-state index is 0.0212. The molecule has 0 radical (unpaired) electrons. The van der Waals surface area contributed by atoms with Crippen LogP contribution >= 0.6 is 0 Å². The number of carbonyl (C=O) groups excluding carboxylic acids is 1. The quantitative estimate of drug-likeness (QED) is 0.857. The summed E-state index contributed by atoms with van der Waals surface area (Å²) in [5, 5.41) is 1.75. The Balaban J connectivity index is 2.08. The van der Waals surface area contributed by atoms with E-state index in [1.807, 2.05) is 0 Å². The van der Waals surface area contributed by atoms with Crippen molar-refractivity contribution in [3.05, 3.63) is 29.8 Å². The molecule has 0 saturated heterocycles. The maximum absolute atomic E-state index is 12.6. The highest BCUT2D eigenvalue weighted by Crippen LogP contribution is 2.26. The van der Waals surface area contributed by atoms with Gasteiger partial charge >= 0.3 is 6.18 Å². The summed E-state index contributed by atoms with van der Waals surface area (Å²) in [5.41, 5.74) is -0.0245. The predicted molar refractivity (Wildman–Crippen MR) is 86.7 cm³/mol. The molecule has 0 heterocycles. The molecule has 1 saturated carbocycles. The van der Waals surface area contributed by atoms with E-state index < -0.39 is 28.7 Å². The highest BCUT2D eigenvalue weighted by molar-refractivity contribution is 7.89. The van der Waals surface area contributed by atoms with E-state index in [1.54, 1.807) is 5.32 Å². The summed E-state index contributed by atoms with van der Waals surface area (Å²) in [5.74, 6) is -0.901. The zero-order chi connectivity index (χ0) is 18.7. The van der Waals surface area contributed by atoms with E-state index in [2.05, 4.69) is 0 Å². The molecule has 1 aromatic carbocycles. The molecule has 0 spiro atoms. The highest BCUT2D eigenvalue weighted by Gasteiger charge is 2.30. The second kappa shape index (κ2) is 7.74. The largest absolute Gasteiger partial charge is 0.405 e. The topological polar surface area (TPSA) is 66.5 Å². The van der Waals surface area contributed by atoms with Crippen LogP contribution in [0, 0.1) is 0 Å². The van der Waals surface area contributed by atoms with Crippen LogP contribution in [-0.2, 0) is 10.0 Å². The summed E-state index contributed by atoms with van der Waals surface area (Å²) >= 11 is 0. The molecule has 0 atom stereocenters. The molecule has 1 N–H and O–H groups in total. The first-order valence-electron chi connectivity index (χ1n) is 8.04. The van der Waals surface area contributed by atoms with E-state index in [9.17, 15) is 26.4 Å². The summed E-state index contributed by atoms with van der Waals surface area (Å²) in [6.45, 7) is -1.43. The van der Waals surface area contributed by atoms with Crippen molar-refractivity contribution >= 4 is 15.9 Å². The molecule has 140 valence electrons. The van der Waals surface area contributed by atoms with E-state index in [0.29, 0.717) is 0 Å². The normalized spacial score (nSPS) is 16.8. The summed E-state index contributed by atoms with van der Waals surface area (Å²) in [6.07, 6.45) is 0.209. The Hall–Kier alpha value is -1.61. The van der Waals surface area contributed by atoms with Gasteiger partial charge in [0.1, 0.15) is 6.54 Å². The van der Waals surface area contributed by atoms with Gasteiger partial charge in [-0.25, -0.2) is 8.42 Å². The fraction of sp³-hybridized carbons (Fsp3) is 0.562. The Bertz CT molecular complexity index is 696. The fourth-order valence-corrected chi connectivity index (χ4v) is 4.28. The Kier molecular flexibility index (Phi) is 6.10. The summed E-state index contributed by atoms with van der Waals surface area (Å²) in [6, 6.07) is 4.88. The Labute approximate surface area is 145 Å². The zero-order valence-electron chi connectivity index (χ0n) is 13.8. The van der Waals surface area contributed by atoms with Gasteiger partial charge in [0, 0.05) is 18.7 Å². The van der Waals surface area contributed by atoms with Crippen LogP contribution in [0.1, 0.15) is 42.5 Å². The lowest BCUT2D eigenvalue weighted by Crippen LogP contribution is -2.38. The van der Waals surface area contributed by atoms with Gasteiger partial charge in [0.15, 0.2) is 0 Å². The molecule has 1 aliphatic carbocycles. The Morgan fingerprint density at radius 3 is 2.24 bits per heavy atom. The van der Waals surface area contributed by atoms with Gasteiger partial charge in [-0.15, -0.1) is 0 Å². The predicted octanol–water partition coefficient (Wildman–Crippen LogP) is 2.93. The lowest BCUT2D eigenvalue weighted by molar-refractivity contribution is -0.123. The molecule has 2 rings (SSSR count). The number of alkyl halides is 3. The van der Waals surface area contributed by atoms with Gasteiger partial charge in [-0.2, -0.15) is 17.5 Å². The van der Waals surface area contributed by atoms with E-state index in [-0.39, 0.29) is 16.5 Å². The molecule has 9 heteroatoms. The van der Waals surface area contributed by atoms with Crippen molar-refractivity contribution in [3.63, 3.8) is 0 Å². The molecule has 0 aliphatic heterocycles. The molecule has 1 amide bonds. The summed E-state index contributed by atoms with van der Waals surface area (Å²) in [7, 11) is -2.16. The molecule has 0 unspecified atom stereocenters. The summed E-state index contributed by atoms with van der Waals surface area (Å²) in [4.78, 5) is 11.7. The number of amides is 1. The first-order valence-corrected chi connectivity index (χ1v) is 9.48. The van der Waals surface area contributed by atoms with Crippen molar-refractivity contribution in [1.82, 2.24) is 9.62 Å². The average molecular weight is 378 g/mol. The van der Waals surface area contributed by atoms with Crippen LogP contribution < -0.4 is 5.32 Å². The molecule has 1 aromatic rings. The number of sulfonamides is 1. The first-order chi connectivity index (χ1) is 11.6. The number of hydrogen-bond donors (Lipinski definition) is 1. The maximum Gasteiger partial charge on any atom is 0.405 e. The third-order valence-corrected chi connectivity index (χ3v) is 6.26. The van der Waals surface area contributed by atoms with Crippen molar-refractivity contribution in [2.45, 2.75) is 49.2 Å². The molecule has 25 heavy (non-hydrogen) atoms. The van der Waals surface area contributed by atoms with Crippen LogP contribution in [0.2, 0.25) is 0 Å². The number of benzene rings is 1. The van der Waals surface area contributed by atoms with Crippen molar-refractivity contribution in [2.24, 2.45) is 0 Å². The van der Waals surface area contributed by atoms with Gasteiger partial charge < -0.3 is 5.32 Å². The SMILES string of the molecule is CN(C1CCCCC1)S(=O)(=O)c1ccc(C(=O)NCC(F)(F)F)cc1. The van der Waals surface area contributed by atoms with Gasteiger partial charge in [-0.1, -0.05) is 19.3 Å². The Morgan fingerprint density at radius 1 is 1.16 bits per heavy atom. The first kappa shape index (κ1) is 19.7. The van der Waals surface area contributed by atoms with Crippen molar-refractivity contribution in [2.75, 3.05) is 13.6 Å². The molecular weight excluding hydrogens is 357 g/mol. The van der Waals surface area contributed by atoms with Crippen LogP contribution in [0.15, 0.2) is 29.2 Å². The van der Waals surface area contributed by atoms with E-state index in [0.717, 1.165) is 32.1 Å². The number of nitrogens with zero attached hydrogens (tertiary/aromatic N) is 1. The molecule has 5 nitrogen and oxygen atoms in total. The van der Waals surface area contributed by atoms with Crippen LogP contribution in [0.3, 0.4) is 0 Å². The van der Waals surface area contributed by atoms with Crippen molar-refractivity contribution in [1.29, 1.82) is 0 Å². The van der Waals surface area contributed by atoms with Crippen LogP contribution in [0.25, 0.3) is 0 Å². The van der Waals surface area contributed by atoms with Gasteiger partial charge in [0.25, 0.3) is 5.91 Å². The molecule has 1 aliphatic rings. The van der Waals surface area contributed by atoms with E-state index in [4.69, 9.17) is 0 Å². The number of carbonyl (C=O) groups is 1. The van der Waals surface area contributed by atoms with Crippen molar-refractivity contribution in [3.8, 4) is 0 Å². The standard InChI is InChI=1S/C16H21F3N2O3S/c1-21(13-5-3-2-4-6-13)25(23,24)14-9-7-12(8-10-14)15(22)20-11-16(17,18)19/h7-10,13H,2-6,11H2,1H3,(H,20,22). The minimum atomic E-state index is -4.50. The molecule has 1 fully saturated rings. The lowest BCUT2D eigenvalue weighted by atomic mass is 9.96. The smallest absolute Gasteiger partial charge is 0.343 e. The maximum atomic E-state index is 12.6. The molecule has 0 bridgehead atoms. The van der Waals surface area contributed by atoms with Crippen molar-refractivity contribution < 1.29 is 26.4 Å². The van der Waals surface area contributed by atoms with Crippen LogP contribution in [-0.4, -0.2) is 44.4 Å². The van der Waals surface area contributed by atoms with E-state index >= 15 is 0 Å². The Morgan fingerprint density at radius 2 is 1.72 bits per heavy atom. The van der Waals surface area contributed by atoms with Gasteiger partial charge in [-0.3, -0.25) is 4.79 Å². The van der Waals surface area contributed by atoms with Crippen LogP contribution in [0.5, 0.6) is 0 Å². The third kappa shape index (κ3) is 5.18. The molecular formula is C16H21F3N2O3S. The third-order valence-electron chi connectivity index (χ3n) is 4.33. The second-order valence-electron chi connectivity index (χ2n) is 6.14. The number of nitrogens with one attached hydrogen (secondary N) is 1. The summed E-state index contributed by atoms with van der Waals surface area (Å²) < 4.78 is 63.0. The van der Waals surface area contributed by atoms with Crippen LogP contribution in [0.4, 0.5) is 13.2 Å². The monoisotopic (exact) mass is 378 g/mol. The fourth-order valence-electron chi connectivity index (χ4n) is 2.87. The lowest BCUT2D eigenvalue weighted by Gasteiger charge is -2.30. The minimum Gasteiger partial charge on any atom is -0.343 e. The number of halogens is 3. The van der Waals surface area contributed by atoms with E-state index in [1.165, 1.54) is 35.6 Å². The highest BCUT2D eigenvalue weighted by atomic mass is 32.2. The number of hydrogen-bond acceptors (Lipinski definition) is 3. The zero-order valence-corrected chi connectivity index (χ0v) is 14.7. The van der Waals surface area contributed by atoms with Gasteiger partial charge in [0.2, 0.25) is 10.0 Å². The van der Waals surface area contributed by atoms with Gasteiger partial charge in [-0.05, 0) is 37.1 Å². The average Bonchev–Trinajstić information content (AvgIpc) is 2.59. The molecule has 0 aromatic heterocycles. The number of rotatable bonds is 5.